The summed E-state index contributed by atoms with van der Waals surface area (Å²) in [6.07, 6.45) is 2.49. The van der Waals surface area contributed by atoms with Crippen molar-refractivity contribution in [3.05, 3.63) is 35.4 Å². The predicted molar refractivity (Wildman–Crippen MR) is 75.4 cm³/mol. The van der Waals surface area contributed by atoms with Crippen LogP contribution in [0.15, 0.2) is 24.3 Å². The third-order valence-electron chi connectivity index (χ3n) is 2.74. The van der Waals surface area contributed by atoms with Crippen molar-refractivity contribution >= 4 is 5.91 Å². The molecule has 1 amide bonds. The highest BCUT2D eigenvalue weighted by Gasteiger charge is 2.00. The van der Waals surface area contributed by atoms with E-state index in [4.69, 9.17) is 5.73 Å². The fourth-order valence-electron chi connectivity index (χ4n) is 1.90. The van der Waals surface area contributed by atoms with Gasteiger partial charge >= 0.3 is 0 Å². The molecule has 1 aromatic carbocycles. The Morgan fingerprint density at radius 2 is 2.06 bits per heavy atom. The van der Waals surface area contributed by atoms with Crippen LogP contribution in [0, 0.1) is 5.92 Å². The maximum absolute atomic E-state index is 10.9. The number of nitrogens with two attached hydrogens (primary N) is 1. The number of carbonyl (C=O) groups is 1. The van der Waals surface area contributed by atoms with E-state index in [2.05, 4.69) is 31.3 Å². The monoisotopic (exact) mass is 248 g/mol. The molecule has 0 heterocycles. The lowest BCUT2D eigenvalue weighted by Crippen LogP contribution is -2.21. The van der Waals surface area contributed by atoms with Crippen molar-refractivity contribution in [3.63, 3.8) is 0 Å². The van der Waals surface area contributed by atoms with E-state index in [1.54, 1.807) is 0 Å². The van der Waals surface area contributed by atoms with Crippen LogP contribution < -0.4 is 11.1 Å². The van der Waals surface area contributed by atoms with Crippen LogP contribution in [0.4, 0.5) is 0 Å². The largest absolute Gasteiger partial charge is 0.369 e. The maximum atomic E-state index is 10.9. The van der Waals surface area contributed by atoms with E-state index in [1.165, 1.54) is 5.56 Å². The Hall–Kier alpha value is -1.35. The maximum Gasteiger partial charge on any atom is 0.221 e. The van der Waals surface area contributed by atoms with Gasteiger partial charge < -0.3 is 11.1 Å². The SMILES string of the molecule is CC(C)CNCCCc1cccc(CC(N)=O)c1. The number of carbonyl (C=O) groups excluding carboxylic acids is 1. The van der Waals surface area contributed by atoms with E-state index < -0.39 is 0 Å². The van der Waals surface area contributed by atoms with Crippen LogP contribution in [0.1, 0.15) is 31.4 Å². The lowest BCUT2D eigenvalue weighted by Gasteiger charge is -2.07. The molecule has 3 nitrogen and oxygen atoms in total. The van der Waals surface area contributed by atoms with Gasteiger partial charge in [-0.05, 0) is 43.0 Å². The van der Waals surface area contributed by atoms with Gasteiger partial charge in [-0.2, -0.15) is 0 Å². The Labute approximate surface area is 110 Å². The number of benzene rings is 1. The van der Waals surface area contributed by atoms with E-state index in [-0.39, 0.29) is 5.91 Å². The zero-order valence-corrected chi connectivity index (χ0v) is 11.4. The van der Waals surface area contributed by atoms with Gasteiger partial charge in [-0.25, -0.2) is 0 Å². The molecule has 3 N–H and O–H groups in total. The molecule has 0 aliphatic rings. The van der Waals surface area contributed by atoms with E-state index in [1.807, 2.05) is 12.1 Å². The first-order valence-electron chi connectivity index (χ1n) is 6.64. The molecule has 0 aliphatic heterocycles. The second-order valence-corrected chi connectivity index (χ2v) is 5.16. The average molecular weight is 248 g/mol. The molecule has 0 unspecified atom stereocenters. The van der Waals surface area contributed by atoms with Gasteiger partial charge in [0.2, 0.25) is 5.91 Å². The topological polar surface area (TPSA) is 55.1 Å². The first-order valence-corrected chi connectivity index (χ1v) is 6.64. The number of hydrogen-bond acceptors (Lipinski definition) is 2. The van der Waals surface area contributed by atoms with Gasteiger partial charge in [0, 0.05) is 0 Å². The van der Waals surface area contributed by atoms with E-state index >= 15 is 0 Å². The number of aryl methyl sites for hydroxylation is 1. The Bertz CT molecular complexity index is 375. The normalized spacial score (nSPS) is 10.8. The number of nitrogens with one attached hydrogen (secondary N) is 1. The summed E-state index contributed by atoms with van der Waals surface area (Å²) in [4.78, 5) is 10.9. The number of amides is 1. The molecular formula is C15H24N2O. The summed E-state index contributed by atoms with van der Waals surface area (Å²) in [6, 6.07) is 8.13. The molecule has 1 aromatic rings. The van der Waals surface area contributed by atoms with Gasteiger partial charge in [-0.3, -0.25) is 4.79 Å². The first-order chi connectivity index (χ1) is 8.58. The summed E-state index contributed by atoms with van der Waals surface area (Å²) in [5.41, 5.74) is 7.48. The second-order valence-electron chi connectivity index (χ2n) is 5.16. The summed E-state index contributed by atoms with van der Waals surface area (Å²) in [7, 11) is 0. The lowest BCUT2D eigenvalue weighted by atomic mass is 10.0. The summed E-state index contributed by atoms with van der Waals surface area (Å²) < 4.78 is 0. The highest BCUT2D eigenvalue weighted by atomic mass is 16.1. The van der Waals surface area contributed by atoms with Crippen molar-refractivity contribution in [2.45, 2.75) is 33.1 Å². The summed E-state index contributed by atoms with van der Waals surface area (Å²) in [5, 5.41) is 3.43. The molecule has 0 radical (unpaired) electrons. The molecule has 0 saturated heterocycles. The van der Waals surface area contributed by atoms with Gasteiger partial charge in [-0.15, -0.1) is 0 Å². The standard InChI is InChI=1S/C15H24N2O/c1-12(2)11-17-8-4-7-13-5-3-6-14(9-13)10-15(16)18/h3,5-6,9,12,17H,4,7-8,10-11H2,1-2H3,(H2,16,18). The predicted octanol–water partition coefficient (Wildman–Crippen LogP) is 1.89. The average Bonchev–Trinajstić information content (AvgIpc) is 2.27. The first kappa shape index (κ1) is 14.7. The van der Waals surface area contributed by atoms with Gasteiger partial charge in [0.15, 0.2) is 0 Å². The minimum Gasteiger partial charge on any atom is -0.369 e. The molecule has 0 atom stereocenters. The van der Waals surface area contributed by atoms with Crippen molar-refractivity contribution in [2.24, 2.45) is 11.7 Å². The molecular weight excluding hydrogens is 224 g/mol. The smallest absolute Gasteiger partial charge is 0.221 e. The van der Waals surface area contributed by atoms with Gasteiger partial charge in [-0.1, -0.05) is 38.1 Å². The Morgan fingerprint density at radius 3 is 2.72 bits per heavy atom. The second kappa shape index (κ2) is 7.88. The molecule has 100 valence electrons. The van der Waals surface area contributed by atoms with Gasteiger partial charge in [0.25, 0.3) is 0 Å². The zero-order valence-electron chi connectivity index (χ0n) is 11.4. The van der Waals surface area contributed by atoms with Gasteiger partial charge in [0.1, 0.15) is 0 Å². The minimum absolute atomic E-state index is 0.272. The van der Waals surface area contributed by atoms with Crippen LogP contribution in [0.2, 0.25) is 0 Å². The van der Waals surface area contributed by atoms with E-state index in [0.717, 1.165) is 31.5 Å². The number of rotatable bonds is 8. The molecule has 18 heavy (non-hydrogen) atoms. The van der Waals surface area contributed by atoms with E-state index in [9.17, 15) is 4.79 Å². The third kappa shape index (κ3) is 6.40. The van der Waals surface area contributed by atoms with Crippen LogP contribution in [0.25, 0.3) is 0 Å². The zero-order chi connectivity index (χ0) is 13.4. The third-order valence-corrected chi connectivity index (χ3v) is 2.74. The molecule has 0 bridgehead atoms. The fourth-order valence-corrected chi connectivity index (χ4v) is 1.90. The number of hydrogen-bond donors (Lipinski definition) is 2. The van der Waals surface area contributed by atoms with Crippen molar-refractivity contribution < 1.29 is 4.79 Å². The van der Waals surface area contributed by atoms with Crippen molar-refractivity contribution in [2.75, 3.05) is 13.1 Å². The minimum atomic E-state index is -0.272. The van der Waals surface area contributed by atoms with Crippen molar-refractivity contribution in [1.82, 2.24) is 5.32 Å². The highest BCUT2D eigenvalue weighted by Crippen LogP contribution is 2.08. The molecule has 0 spiro atoms. The molecule has 0 fully saturated rings. The quantitative estimate of drug-likeness (QED) is 0.690. The van der Waals surface area contributed by atoms with E-state index in [0.29, 0.717) is 12.3 Å². The molecule has 0 aliphatic carbocycles. The van der Waals surface area contributed by atoms with Crippen LogP contribution in [-0.4, -0.2) is 19.0 Å². The lowest BCUT2D eigenvalue weighted by molar-refractivity contribution is -0.117. The van der Waals surface area contributed by atoms with Crippen LogP contribution in [0.3, 0.4) is 0 Å². The van der Waals surface area contributed by atoms with Crippen LogP contribution >= 0.6 is 0 Å². The van der Waals surface area contributed by atoms with Crippen LogP contribution in [-0.2, 0) is 17.6 Å². The Kier molecular flexibility index (Phi) is 6.44. The summed E-state index contributed by atoms with van der Waals surface area (Å²) in [6.45, 7) is 6.53. The summed E-state index contributed by atoms with van der Waals surface area (Å²) >= 11 is 0. The van der Waals surface area contributed by atoms with Gasteiger partial charge in [0.05, 0.1) is 6.42 Å². The molecule has 0 aromatic heterocycles. The molecule has 1 rings (SSSR count). The van der Waals surface area contributed by atoms with Crippen molar-refractivity contribution in [1.29, 1.82) is 0 Å². The fraction of sp³-hybridized carbons (Fsp3) is 0.533. The number of primary amides is 1. The van der Waals surface area contributed by atoms with Crippen LogP contribution in [0.5, 0.6) is 0 Å². The Balaban J connectivity index is 2.31. The van der Waals surface area contributed by atoms with Crippen molar-refractivity contribution in [3.8, 4) is 0 Å². The highest BCUT2D eigenvalue weighted by molar-refractivity contribution is 5.76. The molecule has 3 heteroatoms. The Morgan fingerprint density at radius 1 is 1.33 bits per heavy atom. The molecule has 0 saturated carbocycles. The summed E-state index contributed by atoms with van der Waals surface area (Å²) in [5.74, 6) is 0.426.